The molecular formula is C13H16ClN3O3. The van der Waals surface area contributed by atoms with Crippen molar-refractivity contribution < 1.29 is 14.3 Å². The van der Waals surface area contributed by atoms with E-state index in [0.717, 1.165) is 0 Å². The molecule has 0 unspecified atom stereocenters. The smallest absolute Gasteiger partial charge is 0.409 e. The number of carbonyl (C=O) groups excluding carboxylic acids is 2. The fourth-order valence-corrected chi connectivity index (χ4v) is 2.16. The van der Waals surface area contributed by atoms with Crippen LogP contribution in [0, 0.1) is 0 Å². The Bertz CT molecular complexity index is 501. The maximum absolute atomic E-state index is 12.2. The van der Waals surface area contributed by atoms with Crippen LogP contribution in [-0.2, 0) is 4.74 Å². The van der Waals surface area contributed by atoms with Crippen LogP contribution in [0.1, 0.15) is 17.4 Å². The highest BCUT2D eigenvalue weighted by molar-refractivity contribution is 6.29. The zero-order valence-electron chi connectivity index (χ0n) is 11.2. The first-order chi connectivity index (χ1) is 9.61. The number of halogens is 1. The minimum atomic E-state index is -0.333. The van der Waals surface area contributed by atoms with Crippen molar-refractivity contribution in [3.05, 3.63) is 29.0 Å². The van der Waals surface area contributed by atoms with E-state index in [1.807, 2.05) is 0 Å². The van der Waals surface area contributed by atoms with Gasteiger partial charge in [0.1, 0.15) is 10.8 Å². The van der Waals surface area contributed by atoms with Crippen molar-refractivity contribution >= 4 is 23.6 Å². The van der Waals surface area contributed by atoms with E-state index in [1.54, 1.807) is 34.9 Å². The molecule has 7 heteroatoms. The van der Waals surface area contributed by atoms with Gasteiger partial charge >= 0.3 is 6.09 Å². The summed E-state index contributed by atoms with van der Waals surface area (Å²) in [5.74, 6) is -0.170. The Kier molecular flexibility index (Phi) is 4.79. The zero-order valence-corrected chi connectivity index (χ0v) is 12.0. The van der Waals surface area contributed by atoms with Crippen LogP contribution >= 0.6 is 11.6 Å². The summed E-state index contributed by atoms with van der Waals surface area (Å²) in [6.45, 7) is 3.97. The third-order valence-corrected chi connectivity index (χ3v) is 3.24. The van der Waals surface area contributed by atoms with Crippen molar-refractivity contribution in [1.29, 1.82) is 0 Å². The Hall–Kier alpha value is -1.82. The third kappa shape index (κ3) is 3.39. The predicted octanol–water partition coefficient (Wildman–Crippen LogP) is 1.65. The first-order valence-electron chi connectivity index (χ1n) is 6.45. The molecule has 108 valence electrons. The highest BCUT2D eigenvalue weighted by Crippen LogP contribution is 2.10. The van der Waals surface area contributed by atoms with Gasteiger partial charge in [-0.05, 0) is 19.1 Å². The number of pyridine rings is 1. The van der Waals surface area contributed by atoms with Gasteiger partial charge in [0.05, 0.1) is 6.61 Å². The molecule has 1 aromatic rings. The largest absolute Gasteiger partial charge is 0.450 e. The number of amides is 2. The Morgan fingerprint density at radius 2 is 1.90 bits per heavy atom. The second-order valence-electron chi connectivity index (χ2n) is 4.32. The Labute approximate surface area is 122 Å². The van der Waals surface area contributed by atoms with Gasteiger partial charge in [-0.1, -0.05) is 17.7 Å². The zero-order chi connectivity index (χ0) is 14.5. The normalized spacial score (nSPS) is 15.1. The molecule has 6 nitrogen and oxygen atoms in total. The van der Waals surface area contributed by atoms with Gasteiger partial charge in [0, 0.05) is 26.2 Å². The summed E-state index contributed by atoms with van der Waals surface area (Å²) in [6, 6.07) is 4.94. The lowest BCUT2D eigenvalue weighted by atomic mass is 10.2. The van der Waals surface area contributed by atoms with Crippen LogP contribution in [-0.4, -0.2) is 59.6 Å². The molecule has 2 heterocycles. The lowest BCUT2D eigenvalue weighted by Crippen LogP contribution is -2.50. The molecule has 1 aromatic heterocycles. The molecular weight excluding hydrogens is 282 g/mol. The van der Waals surface area contributed by atoms with Gasteiger partial charge in [-0.25, -0.2) is 9.78 Å². The summed E-state index contributed by atoms with van der Waals surface area (Å²) in [5.41, 5.74) is 0.321. The highest BCUT2D eigenvalue weighted by atomic mass is 35.5. The van der Waals surface area contributed by atoms with E-state index in [9.17, 15) is 9.59 Å². The maximum atomic E-state index is 12.2. The first kappa shape index (κ1) is 14.6. The molecule has 1 saturated heterocycles. The van der Waals surface area contributed by atoms with Crippen molar-refractivity contribution in [1.82, 2.24) is 14.8 Å². The predicted molar refractivity (Wildman–Crippen MR) is 73.7 cm³/mol. The Balaban J connectivity index is 1.93. The number of aromatic nitrogens is 1. The van der Waals surface area contributed by atoms with Gasteiger partial charge in [-0.15, -0.1) is 0 Å². The van der Waals surface area contributed by atoms with Crippen molar-refractivity contribution in [2.45, 2.75) is 6.92 Å². The fraction of sp³-hybridized carbons (Fsp3) is 0.462. The molecule has 0 aromatic carbocycles. The highest BCUT2D eigenvalue weighted by Gasteiger charge is 2.26. The number of hydrogen-bond donors (Lipinski definition) is 0. The van der Waals surface area contributed by atoms with E-state index in [4.69, 9.17) is 16.3 Å². The van der Waals surface area contributed by atoms with Gasteiger partial charge in [0.15, 0.2) is 0 Å². The van der Waals surface area contributed by atoms with E-state index in [1.165, 1.54) is 0 Å². The van der Waals surface area contributed by atoms with Gasteiger partial charge < -0.3 is 14.5 Å². The van der Waals surface area contributed by atoms with Crippen LogP contribution in [0.3, 0.4) is 0 Å². The molecule has 2 rings (SSSR count). The summed E-state index contributed by atoms with van der Waals surface area (Å²) >= 11 is 5.78. The SMILES string of the molecule is CCOC(=O)N1CCN(C(=O)c2cccc(Cl)n2)CC1. The molecule has 0 saturated carbocycles. The summed E-state index contributed by atoms with van der Waals surface area (Å²) in [5, 5.41) is 0.293. The first-order valence-corrected chi connectivity index (χ1v) is 6.83. The van der Waals surface area contributed by atoms with Crippen molar-refractivity contribution in [2.75, 3.05) is 32.8 Å². The number of hydrogen-bond acceptors (Lipinski definition) is 4. The lowest BCUT2D eigenvalue weighted by molar-refractivity contribution is 0.0566. The molecule has 1 fully saturated rings. The summed E-state index contributed by atoms with van der Waals surface area (Å²) < 4.78 is 4.93. The Morgan fingerprint density at radius 3 is 2.50 bits per heavy atom. The maximum Gasteiger partial charge on any atom is 0.409 e. The van der Waals surface area contributed by atoms with Crippen LogP contribution in [0.4, 0.5) is 4.79 Å². The number of rotatable bonds is 2. The number of carbonyl (C=O) groups is 2. The molecule has 1 aliphatic heterocycles. The summed E-state index contributed by atoms with van der Waals surface area (Å²) in [7, 11) is 0. The number of nitrogens with zero attached hydrogens (tertiary/aromatic N) is 3. The van der Waals surface area contributed by atoms with Crippen LogP contribution in [0.2, 0.25) is 5.15 Å². The molecule has 2 amide bonds. The van der Waals surface area contributed by atoms with Crippen LogP contribution < -0.4 is 0 Å². The molecule has 1 aliphatic rings. The topological polar surface area (TPSA) is 62.7 Å². The summed E-state index contributed by atoms with van der Waals surface area (Å²) in [6.07, 6.45) is -0.333. The molecule has 0 spiro atoms. The van der Waals surface area contributed by atoms with Crippen molar-refractivity contribution in [2.24, 2.45) is 0 Å². The number of ether oxygens (including phenoxy) is 1. The quantitative estimate of drug-likeness (QED) is 0.779. The Morgan fingerprint density at radius 1 is 1.25 bits per heavy atom. The molecule has 0 bridgehead atoms. The second-order valence-corrected chi connectivity index (χ2v) is 4.71. The molecule has 20 heavy (non-hydrogen) atoms. The fourth-order valence-electron chi connectivity index (χ4n) is 2.00. The van der Waals surface area contributed by atoms with E-state index < -0.39 is 0 Å². The van der Waals surface area contributed by atoms with Crippen molar-refractivity contribution in [3.63, 3.8) is 0 Å². The minimum Gasteiger partial charge on any atom is -0.450 e. The average molecular weight is 298 g/mol. The van der Waals surface area contributed by atoms with Gasteiger partial charge in [0.2, 0.25) is 0 Å². The summed E-state index contributed by atoms with van der Waals surface area (Å²) in [4.78, 5) is 31.0. The molecule has 0 aliphatic carbocycles. The van der Waals surface area contributed by atoms with Gasteiger partial charge in [-0.2, -0.15) is 0 Å². The second kappa shape index (κ2) is 6.56. The van der Waals surface area contributed by atoms with E-state index in [0.29, 0.717) is 43.6 Å². The standard InChI is InChI=1S/C13H16ClN3O3/c1-2-20-13(19)17-8-6-16(7-9-17)12(18)10-4-3-5-11(14)15-10/h3-5H,2,6-9H2,1H3. The molecule has 0 atom stereocenters. The van der Waals surface area contributed by atoms with Crippen molar-refractivity contribution in [3.8, 4) is 0 Å². The van der Waals surface area contributed by atoms with Gasteiger partial charge in [0.25, 0.3) is 5.91 Å². The molecule has 0 N–H and O–H groups in total. The van der Waals surface area contributed by atoms with Crippen LogP contribution in [0.25, 0.3) is 0 Å². The minimum absolute atomic E-state index is 0.170. The van der Waals surface area contributed by atoms with Gasteiger partial charge in [-0.3, -0.25) is 4.79 Å². The molecule has 0 radical (unpaired) electrons. The van der Waals surface area contributed by atoms with E-state index >= 15 is 0 Å². The number of piperazine rings is 1. The monoisotopic (exact) mass is 297 g/mol. The van der Waals surface area contributed by atoms with Crippen LogP contribution in [0.5, 0.6) is 0 Å². The van der Waals surface area contributed by atoms with E-state index in [2.05, 4.69) is 4.98 Å². The third-order valence-electron chi connectivity index (χ3n) is 3.03. The average Bonchev–Trinajstić information content (AvgIpc) is 2.47. The van der Waals surface area contributed by atoms with Crippen LogP contribution in [0.15, 0.2) is 18.2 Å². The van der Waals surface area contributed by atoms with E-state index in [-0.39, 0.29) is 12.0 Å². The lowest BCUT2D eigenvalue weighted by Gasteiger charge is -2.33.